The largest absolute Gasteiger partial charge is 0.316 e. The normalized spacial score (nSPS) is 28.4. The van der Waals surface area contributed by atoms with E-state index in [9.17, 15) is 4.39 Å². The molecule has 2 rings (SSSR count). The third-order valence-electron chi connectivity index (χ3n) is 5.36. The molecule has 1 fully saturated rings. The molecule has 2 heteroatoms. The van der Waals surface area contributed by atoms with Crippen LogP contribution in [-0.4, -0.2) is 13.1 Å². The van der Waals surface area contributed by atoms with Crippen LogP contribution < -0.4 is 5.32 Å². The van der Waals surface area contributed by atoms with E-state index in [0.29, 0.717) is 12.0 Å². The molecular formula is C19H30FN. The summed E-state index contributed by atoms with van der Waals surface area (Å²) in [5, 5.41) is 3.57. The molecule has 0 spiro atoms. The fourth-order valence-corrected chi connectivity index (χ4v) is 4.53. The van der Waals surface area contributed by atoms with Crippen LogP contribution >= 0.6 is 0 Å². The molecule has 1 aromatic rings. The Morgan fingerprint density at radius 3 is 2.05 bits per heavy atom. The van der Waals surface area contributed by atoms with Gasteiger partial charge in [-0.25, -0.2) is 4.39 Å². The van der Waals surface area contributed by atoms with Crippen molar-refractivity contribution in [3.05, 3.63) is 35.6 Å². The van der Waals surface area contributed by atoms with E-state index < -0.39 is 0 Å². The fourth-order valence-electron chi connectivity index (χ4n) is 4.53. The van der Waals surface area contributed by atoms with E-state index in [0.717, 1.165) is 11.8 Å². The van der Waals surface area contributed by atoms with Crippen LogP contribution in [0, 0.1) is 23.6 Å². The molecule has 3 atom stereocenters. The molecule has 0 radical (unpaired) electrons. The zero-order valence-corrected chi connectivity index (χ0v) is 14.1. The summed E-state index contributed by atoms with van der Waals surface area (Å²) in [4.78, 5) is 0. The number of halogens is 1. The summed E-state index contributed by atoms with van der Waals surface area (Å²) in [6.07, 6.45) is 3.94. The first-order chi connectivity index (χ1) is 9.84. The van der Waals surface area contributed by atoms with Gasteiger partial charge in [0.15, 0.2) is 0 Å². The Morgan fingerprint density at radius 2 is 1.57 bits per heavy atom. The topological polar surface area (TPSA) is 12.0 Å². The van der Waals surface area contributed by atoms with Gasteiger partial charge in [0.2, 0.25) is 0 Å². The lowest BCUT2D eigenvalue weighted by molar-refractivity contribution is 0.142. The zero-order valence-electron chi connectivity index (χ0n) is 14.1. The van der Waals surface area contributed by atoms with E-state index in [4.69, 9.17) is 0 Å². The minimum absolute atomic E-state index is 0.00387. The number of nitrogens with one attached hydrogen (secondary N) is 1. The van der Waals surface area contributed by atoms with E-state index >= 15 is 0 Å². The number of hydrogen-bond donors (Lipinski definition) is 1. The van der Waals surface area contributed by atoms with Crippen molar-refractivity contribution >= 4 is 0 Å². The van der Waals surface area contributed by atoms with Crippen molar-refractivity contribution in [2.45, 2.75) is 58.4 Å². The van der Waals surface area contributed by atoms with E-state index in [1.54, 1.807) is 12.1 Å². The van der Waals surface area contributed by atoms with Crippen molar-refractivity contribution in [1.82, 2.24) is 5.32 Å². The van der Waals surface area contributed by atoms with Crippen molar-refractivity contribution in [3.63, 3.8) is 0 Å². The van der Waals surface area contributed by atoms with Crippen molar-refractivity contribution in [2.24, 2.45) is 17.8 Å². The maximum absolute atomic E-state index is 13.2. The highest BCUT2D eigenvalue weighted by atomic mass is 19.1. The third-order valence-corrected chi connectivity index (χ3v) is 5.36. The lowest BCUT2D eigenvalue weighted by Crippen LogP contribution is -2.50. The van der Waals surface area contributed by atoms with E-state index in [1.165, 1.54) is 24.8 Å². The number of likely N-dealkylation sites (N-methyl/N-ethyl adjacent to an activating group) is 1. The van der Waals surface area contributed by atoms with Crippen LogP contribution in [0.3, 0.4) is 0 Å². The second kappa shape index (κ2) is 6.48. The Kier molecular flexibility index (Phi) is 5.08. The standard InChI is InChI=1S/C19H30FN/c1-13-10-14(2)12-15(11-13)18(21-5)19(3,4)16-6-8-17(20)9-7-16/h6-9,13-15,18,21H,10-12H2,1-5H3. The highest BCUT2D eigenvalue weighted by molar-refractivity contribution is 5.27. The van der Waals surface area contributed by atoms with Crippen molar-refractivity contribution < 1.29 is 4.39 Å². The van der Waals surface area contributed by atoms with Crippen molar-refractivity contribution in [3.8, 4) is 0 Å². The van der Waals surface area contributed by atoms with Gasteiger partial charge < -0.3 is 5.32 Å². The maximum atomic E-state index is 13.2. The summed E-state index contributed by atoms with van der Waals surface area (Å²) in [7, 11) is 2.07. The molecule has 1 saturated carbocycles. The molecule has 0 amide bonds. The Labute approximate surface area is 129 Å². The van der Waals surface area contributed by atoms with E-state index in [1.807, 2.05) is 12.1 Å². The molecule has 0 saturated heterocycles. The minimum Gasteiger partial charge on any atom is -0.316 e. The molecule has 1 aromatic carbocycles. The maximum Gasteiger partial charge on any atom is 0.123 e. The average Bonchev–Trinajstić information content (AvgIpc) is 2.38. The third kappa shape index (κ3) is 3.66. The van der Waals surface area contributed by atoms with Crippen molar-refractivity contribution in [1.29, 1.82) is 0 Å². The van der Waals surface area contributed by atoms with Gasteiger partial charge in [-0.15, -0.1) is 0 Å². The fraction of sp³-hybridized carbons (Fsp3) is 0.684. The Balaban J connectivity index is 2.24. The van der Waals surface area contributed by atoms with Crippen LogP contribution in [0.15, 0.2) is 24.3 Å². The van der Waals surface area contributed by atoms with Crippen LogP contribution in [-0.2, 0) is 5.41 Å². The van der Waals surface area contributed by atoms with Gasteiger partial charge in [0.05, 0.1) is 0 Å². The van der Waals surface area contributed by atoms with Crippen molar-refractivity contribution in [2.75, 3.05) is 7.05 Å². The molecule has 118 valence electrons. The molecule has 1 aliphatic carbocycles. The highest BCUT2D eigenvalue weighted by Gasteiger charge is 2.38. The van der Waals surface area contributed by atoms with Gasteiger partial charge in [0, 0.05) is 11.5 Å². The van der Waals surface area contributed by atoms with Crippen LogP contribution in [0.5, 0.6) is 0 Å². The monoisotopic (exact) mass is 291 g/mol. The van der Waals surface area contributed by atoms with E-state index in [2.05, 4.69) is 40.1 Å². The van der Waals surface area contributed by atoms with Crippen LogP contribution in [0.4, 0.5) is 4.39 Å². The SMILES string of the molecule is CNC(C1CC(C)CC(C)C1)C(C)(C)c1ccc(F)cc1. The van der Waals surface area contributed by atoms with Gasteiger partial charge in [0.1, 0.15) is 5.82 Å². The van der Waals surface area contributed by atoms with Gasteiger partial charge in [-0.3, -0.25) is 0 Å². The smallest absolute Gasteiger partial charge is 0.123 e. The van der Waals surface area contributed by atoms with Gasteiger partial charge in [-0.05, 0) is 61.8 Å². The van der Waals surface area contributed by atoms with Gasteiger partial charge >= 0.3 is 0 Å². The lowest BCUT2D eigenvalue weighted by atomic mass is 9.65. The molecule has 3 unspecified atom stereocenters. The molecule has 1 N–H and O–H groups in total. The van der Waals surface area contributed by atoms with Gasteiger partial charge in [-0.1, -0.05) is 39.8 Å². The summed E-state index contributed by atoms with van der Waals surface area (Å²) in [5.41, 5.74) is 1.22. The summed E-state index contributed by atoms with van der Waals surface area (Å²) in [6, 6.07) is 7.46. The predicted molar refractivity (Wildman–Crippen MR) is 87.9 cm³/mol. The quantitative estimate of drug-likeness (QED) is 0.843. The second-order valence-corrected chi connectivity index (χ2v) is 7.67. The Bertz CT molecular complexity index is 441. The number of rotatable bonds is 4. The molecule has 21 heavy (non-hydrogen) atoms. The predicted octanol–water partition coefficient (Wildman–Crippen LogP) is 4.76. The Hall–Kier alpha value is -0.890. The van der Waals surface area contributed by atoms with Gasteiger partial charge in [0.25, 0.3) is 0 Å². The summed E-state index contributed by atoms with van der Waals surface area (Å²) < 4.78 is 13.2. The first kappa shape index (κ1) is 16.5. The van der Waals surface area contributed by atoms with Gasteiger partial charge in [-0.2, -0.15) is 0 Å². The molecule has 1 nitrogen and oxygen atoms in total. The summed E-state index contributed by atoms with van der Waals surface area (Å²) >= 11 is 0. The first-order valence-corrected chi connectivity index (χ1v) is 8.28. The highest BCUT2D eigenvalue weighted by Crippen LogP contribution is 2.40. The number of hydrogen-bond acceptors (Lipinski definition) is 1. The summed E-state index contributed by atoms with van der Waals surface area (Å²) in [6.45, 7) is 9.32. The van der Waals surface area contributed by atoms with Crippen LogP contribution in [0.25, 0.3) is 0 Å². The average molecular weight is 291 g/mol. The second-order valence-electron chi connectivity index (χ2n) is 7.67. The summed E-state index contributed by atoms with van der Waals surface area (Å²) in [5.74, 6) is 2.14. The lowest BCUT2D eigenvalue weighted by Gasteiger charge is -2.44. The first-order valence-electron chi connectivity index (χ1n) is 8.28. The molecule has 0 bridgehead atoms. The minimum atomic E-state index is -0.157. The van der Waals surface area contributed by atoms with Crippen LogP contribution in [0.1, 0.15) is 52.5 Å². The number of benzene rings is 1. The molecule has 0 aliphatic heterocycles. The molecular weight excluding hydrogens is 261 g/mol. The molecule has 0 heterocycles. The molecule has 1 aliphatic rings. The zero-order chi connectivity index (χ0) is 15.6. The molecule has 0 aromatic heterocycles. The Morgan fingerprint density at radius 1 is 1.05 bits per heavy atom. The van der Waals surface area contributed by atoms with Crippen LogP contribution in [0.2, 0.25) is 0 Å². The van der Waals surface area contributed by atoms with E-state index in [-0.39, 0.29) is 11.2 Å².